The number of anilines is 1. The number of nitrogens with one attached hydrogen (secondary N) is 1. The zero-order chi connectivity index (χ0) is 12.8. The standard InChI is InChI=1S/C11H14N4O2S/c12-11-9-7-8(3-4-10(9)13-14-11)18(16,17)15-5-1-2-6-15/h3-4,7H,1-2,5-6H2,(H3,12,13,14). The summed E-state index contributed by atoms with van der Waals surface area (Å²) in [4.78, 5) is 0.282. The fraction of sp³-hybridized carbons (Fsp3) is 0.364. The van der Waals surface area contributed by atoms with Crippen molar-refractivity contribution >= 4 is 26.7 Å². The van der Waals surface area contributed by atoms with E-state index in [2.05, 4.69) is 10.2 Å². The van der Waals surface area contributed by atoms with Crippen molar-refractivity contribution in [1.82, 2.24) is 14.5 Å². The van der Waals surface area contributed by atoms with Crippen LogP contribution in [0, 0.1) is 0 Å². The smallest absolute Gasteiger partial charge is 0.243 e. The highest BCUT2D eigenvalue weighted by molar-refractivity contribution is 7.89. The van der Waals surface area contributed by atoms with Crippen molar-refractivity contribution in [1.29, 1.82) is 0 Å². The molecule has 0 atom stereocenters. The zero-order valence-electron chi connectivity index (χ0n) is 9.76. The first-order chi connectivity index (χ1) is 8.59. The lowest BCUT2D eigenvalue weighted by atomic mass is 10.2. The van der Waals surface area contributed by atoms with E-state index < -0.39 is 10.0 Å². The van der Waals surface area contributed by atoms with Crippen LogP contribution in [0.4, 0.5) is 5.82 Å². The number of aromatic amines is 1. The summed E-state index contributed by atoms with van der Waals surface area (Å²) in [5.41, 5.74) is 6.43. The molecule has 3 rings (SSSR count). The van der Waals surface area contributed by atoms with Gasteiger partial charge < -0.3 is 5.73 Å². The predicted octanol–water partition coefficient (Wildman–Crippen LogP) is 0.930. The lowest BCUT2D eigenvalue weighted by Crippen LogP contribution is -2.27. The average Bonchev–Trinajstić information content (AvgIpc) is 2.99. The van der Waals surface area contributed by atoms with Gasteiger partial charge in [-0.3, -0.25) is 5.10 Å². The number of rotatable bonds is 2. The summed E-state index contributed by atoms with van der Waals surface area (Å²) in [6.07, 6.45) is 1.85. The first-order valence-electron chi connectivity index (χ1n) is 5.83. The van der Waals surface area contributed by atoms with Gasteiger partial charge in [-0.1, -0.05) is 0 Å². The third-order valence-electron chi connectivity index (χ3n) is 3.27. The molecule has 0 amide bonds. The molecule has 18 heavy (non-hydrogen) atoms. The molecule has 2 heterocycles. The second kappa shape index (κ2) is 3.96. The van der Waals surface area contributed by atoms with Crippen molar-refractivity contribution in [2.75, 3.05) is 18.8 Å². The lowest BCUT2D eigenvalue weighted by molar-refractivity contribution is 0.477. The Morgan fingerprint density at radius 2 is 2.00 bits per heavy atom. The molecular formula is C11H14N4O2S. The van der Waals surface area contributed by atoms with E-state index in [9.17, 15) is 8.42 Å². The van der Waals surface area contributed by atoms with Gasteiger partial charge in [-0.05, 0) is 31.0 Å². The van der Waals surface area contributed by atoms with Crippen molar-refractivity contribution < 1.29 is 8.42 Å². The molecule has 0 unspecified atom stereocenters. The van der Waals surface area contributed by atoms with E-state index in [1.165, 1.54) is 4.31 Å². The molecule has 0 radical (unpaired) electrons. The maximum Gasteiger partial charge on any atom is 0.243 e. The van der Waals surface area contributed by atoms with E-state index in [0.29, 0.717) is 24.3 Å². The van der Waals surface area contributed by atoms with Gasteiger partial charge in [-0.25, -0.2) is 8.42 Å². The van der Waals surface area contributed by atoms with Gasteiger partial charge in [0.15, 0.2) is 5.82 Å². The van der Waals surface area contributed by atoms with Crippen molar-refractivity contribution in [3.8, 4) is 0 Å². The molecule has 7 heteroatoms. The summed E-state index contributed by atoms with van der Waals surface area (Å²) in [5, 5.41) is 7.26. The molecule has 1 aromatic heterocycles. The van der Waals surface area contributed by atoms with Crippen LogP contribution in [0.25, 0.3) is 10.9 Å². The Kier molecular flexibility index (Phi) is 2.53. The number of hydrogen-bond donors (Lipinski definition) is 2. The van der Waals surface area contributed by atoms with E-state index in [-0.39, 0.29) is 4.90 Å². The summed E-state index contributed by atoms with van der Waals surface area (Å²) in [7, 11) is -3.39. The number of hydrogen-bond acceptors (Lipinski definition) is 4. The molecule has 1 saturated heterocycles. The Morgan fingerprint density at radius 3 is 2.72 bits per heavy atom. The van der Waals surface area contributed by atoms with E-state index >= 15 is 0 Å². The molecule has 0 aliphatic carbocycles. The Hall–Kier alpha value is -1.60. The van der Waals surface area contributed by atoms with Gasteiger partial charge in [0.25, 0.3) is 0 Å². The largest absolute Gasteiger partial charge is 0.382 e. The minimum Gasteiger partial charge on any atom is -0.382 e. The third kappa shape index (κ3) is 1.67. The van der Waals surface area contributed by atoms with E-state index in [4.69, 9.17) is 5.73 Å². The number of sulfonamides is 1. The van der Waals surface area contributed by atoms with E-state index in [1.807, 2.05) is 0 Å². The fourth-order valence-electron chi connectivity index (χ4n) is 2.25. The highest BCUT2D eigenvalue weighted by Gasteiger charge is 2.27. The Bertz CT molecular complexity index is 686. The number of nitrogen functional groups attached to an aromatic ring is 1. The number of fused-ring (bicyclic) bond motifs is 1. The van der Waals surface area contributed by atoms with Crippen LogP contribution in [0.5, 0.6) is 0 Å². The summed E-state index contributed by atoms with van der Waals surface area (Å²) in [6, 6.07) is 4.87. The number of nitrogens with zero attached hydrogens (tertiary/aromatic N) is 2. The van der Waals surface area contributed by atoms with Crippen molar-refractivity contribution in [3.63, 3.8) is 0 Å². The first-order valence-corrected chi connectivity index (χ1v) is 7.27. The van der Waals surface area contributed by atoms with Crippen LogP contribution in [-0.4, -0.2) is 36.0 Å². The maximum atomic E-state index is 12.4. The van der Waals surface area contributed by atoms with Crippen LogP contribution in [0.2, 0.25) is 0 Å². The first kappa shape index (κ1) is 11.5. The molecule has 1 fully saturated rings. The summed E-state index contributed by atoms with van der Waals surface area (Å²) in [5.74, 6) is 0.323. The predicted molar refractivity (Wildman–Crippen MR) is 68.5 cm³/mol. The van der Waals surface area contributed by atoms with E-state index in [1.54, 1.807) is 18.2 Å². The maximum absolute atomic E-state index is 12.4. The second-order valence-corrected chi connectivity index (χ2v) is 6.37. The van der Waals surface area contributed by atoms with Crippen LogP contribution in [0.3, 0.4) is 0 Å². The molecule has 1 aliphatic rings. The molecule has 6 nitrogen and oxygen atoms in total. The van der Waals surface area contributed by atoms with Gasteiger partial charge in [0.1, 0.15) is 0 Å². The van der Waals surface area contributed by atoms with Gasteiger partial charge in [-0.15, -0.1) is 0 Å². The Balaban J connectivity index is 2.10. The van der Waals surface area contributed by atoms with Crippen LogP contribution < -0.4 is 5.73 Å². The molecule has 96 valence electrons. The van der Waals surface area contributed by atoms with Crippen molar-refractivity contribution in [3.05, 3.63) is 18.2 Å². The average molecular weight is 266 g/mol. The Morgan fingerprint density at radius 1 is 1.28 bits per heavy atom. The molecule has 1 aromatic carbocycles. The fourth-order valence-corrected chi connectivity index (χ4v) is 3.80. The van der Waals surface area contributed by atoms with Crippen LogP contribution in [0.1, 0.15) is 12.8 Å². The number of H-pyrrole nitrogens is 1. The highest BCUT2D eigenvalue weighted by Crippen LogP contribution is 2.25. The van der Waals surface area contributed by atoms with E-state index in [0.717, 1.165) is 18.4 Å². The van der Waals surface area contributed by atoms with Gasteiger partial charge in [0, 0.05) is 18.5 Å². The molecule has 0 saturated carbocycles. The Labute approximate surface area is 105 Å². The van der Waals surface area contributed by atoms with Crippen LogP contribution >= 0.6 is 0 Å². The summed E-state index contributed by atoms with van der Waals surface area (Å²) in [6.45, 7) is 1.20. The lowest BCUT2D eigenvalue weighted by Gasteiger charge is -2.15. The molecule has 1 aliphatic heterocycles. The normalized spacial score (nSPS) is 17.6. The minimum atomic E-state index is -3.39. The zero-order valence-corrected chi connectivity index (χ0v) is 10.6. The second-order valence-electron chi connectivity index (χ2n) is 4.43. The van der Waals surface area contributed by atoms with Crippen LogP contribution in [0.15, 0.2) is 23.1 Å². The molecule has 3 N–H and O–H groups in total. The summed E-state index contributed by atoms with van der Waals surface area (Å²) >= 11 is 0. The SMILES string of the molecule is Nc1n[nH]c2ccc(S(=O)(=O)N3CCCC3)cc12. The highest BCUT2D eigenvalue weighted by atomic mass is 32.2. The van der Waals surface area contributed by atoms with Gasteiger partial charge in [0.05, 0.1) is 10.4 Å². The van der Waals surface area contributed by atoms with Gasteiger partial charge in [0.2, 0.25) is 10.0 Å². The third-order valence-corrected chi connectivity index (χ3v) is 5.16. The summed E-state index contributed by atoms with van der Waals surface area (Å²) < 4.78 is 26.2. The minimum absolute atomic E-state index is 0.282. The number of aromatic nitrogens is 2. The van der Waals surface area contributed by atoms with Crippen molar-refractivity contribution in [2.24, 2.45) is 0 Å². The quantitative estimate of drug-likeness (QED) is 0.845. The van der Waals surface area contributed by atoms with Crippen molar-refractivity contribution in [2.45, 2.75) is 17.7 Å². The number of benzene rings is 1. The van der Waals surface area contributed by atoms with Crippen LogP contribution in [-0.2, 0) is 10.0 Å². The van der Waals surface area contributed by atoms with Gasteiger partial charge >= 0.3 is 0 Å². The molecular weight excluding hydrogens is 252 g/mol. The molecule has 0 spiro atoms. The van der Waals surface area contributed by atoms with Gasteiger partial charge in [-0.2, -0.15) is 9.40 Å². The molecule has 2 aromatic rings. The molecule has 0 bridgehead atoms. The topological polar surface area (TPSA) is 92.1 Å². The number of nitrogens with two attached hydrogens (primary N) is 1. The monoisotopic (exact) mass is 266 g/mol.